The van der Waals surface area contributed by atoms with Gasteiger partial charge in [0.05, 0.1) is 25.0 Å². The second-order valence-electron chi connectivity index (χ2n) is 5.16. The van der Waals surface area contributed by atoms with Gasteiger partial charge in [0.1, 0.15) is 16.7 Å². The van der Waals surface area contributed by atoms with Gasteiger partial charge in [-0.15, -0.1) is 0 Å². The molecule has 1 heterocycles. The highest BCUT2D eigenvalue weighted by Gasteiger charge is 2.23. The van der Waals surface area contributed by atoms with Crippen LogP contribution in [-0.4, -0.2) is 26.2 Å². The molecule has 0 spiro atoms. The second-order valence-corrected chi connectivity index (χ2v) is 5.16. The van der Waals surface area contributed by atoms with Gasteiger partial charge in [-0.2, -0.15) is 0 Å². The van der Waals surface area contributed by atoms with Crippen LogP contribution in [-0.2, 0) is 9.47 Å². The molecule has 0 fully saturated rings. The summed E-state index contributed by atoms with van der Waals surface area (Å²) < 4.78 is 19.9. The molecule has 132 valence electrons. The first-order valence-electron chi connectivity index (χ1n) is 7.34. The molecule has 0 aliphatic rings. The summed E-state index contributed by atoms with van der Waals surface area (Å²) in [5, 5.41) is 0.133. The Balaban J connectivity index is 2.67. The number of ether oxygens (including phenoxy) is 2. The molecule has 3 rings (SSSR count). The number of carbonyl (C=O) groups is 2. The van der Waals surface area contributed by atoms with Crippen molar-refractivity contribution < 1.29 is 27.9 Å². The Kier molecular flexibility index (Phi) is 4.40. The lowest BCUT2D eigenvalue weighted by atomic mass is 10.1. The van der Waals surface area contributed by atoms with Crippen molar-refractivity contribution >= 4 is 33.9 Å². The van der Waals surface area contributed by atoms with Gasteiger partial charge in [-0.25, -0.2) is 19.2 Å². The van der Waals surface area contributed by atoms with Crippen LogP contribution >= 0.6 is 0 Å². The van der Waals surface area contributed by atoms with Crippen molar-refractivity contribution in [1.29, 1.82) is 0 Å². The molecule has 0 unspecified atom stereocenters. The summed E-state index contributed by atoms with van der Waals surface area (Å²) in [6.07, 6.45) is 0. The van der Waals surface area contributed by atoms with Gasteiger partial charge >= 0.3 is 23.2 Å². The third-order valence-electron chi connectivity index (χ3n) is 3.65. The predicted molar refractivity (Wildman–Crippen MR) is 90.0 cm³/mol. The standard InChI is InChI=1S/C18H12O8/c1-23-17(21)11-6-7-12-13(18(22)24-2)14(11)26-16(20)10-5-3-4-9(8-10)15(19)25-12/h3-8H,1-2H3. The second kappa shape index (κ2) is 6.67. The van der Waals surface area contributed by atoms with E-state index < -0.39 is 28.8 Å². The first kappa shape index (κ1) is 17.2. The first-order valence-corrected chi connectivity index (χ1v) is 7.34. The molecule has 8 heteroatoms. The lowest BCUT2D eigenvalue weighted by Crippen LogP contribution is -2.11. The van der Waals surface area contributed by atoms with E-state index in [-0.39, 0.29) is 27.5 Å². The molecule has 26 heavy (non-hydrogen) atoms. The van der Waals surface area contributed by atoms with Crippen LogP contribution in [0.25, 0.3) is 21.9 Å². The highest BCUT2D eigenvalue weighted by atomic mass is 16.5. The van der Waals surface area contributed by atoms with Gasteiger partial charge < -0.3 is 18.3 Å². The minimum atomic E-state index is -0.953. The first-order chi connectivity index (χ1) is 12.5. The van der Waals surface area contributed by atoms with Crippen LogP contribution in [0.1, 0.15) is 20.7 Å². The van der Waals surface area contributed by atoms with E-state index in [0.717, 1.165) is 14.2 Å². The lowest BCUT2D eigenvalue weighted by molar-refractivity contribution is 0.0601. The Bertz CT molecular complexity index is 1180. The van der Waals surface area contributed by atoms with Crippen LogP contribution in [0.15, 0.2) is 54.8 Å². The number of carbonyl (C=O) groups excluding carboxylic acids is 2. The summed E-state index contributed by atoms with van der Waals surface area (Å²) in [5.74, 6) is -1.80. The zero-order chi connectivity index (χ0) is 18.8. The van der Waals surface area contributed by atoms with Crippen molar-refractivity contribution in [2.24, 2.45) is 0 Å². The number of fused-ring (bicyclic) bond motifs is 4. The zero-order valence-corrected chi connectivity index (χ0v) is 13.7. The van der Waals surface area contributed by atoms with Crippen molar-refractivity contribution in [3.8, 4) is 0 Å². The molecule has 1 aromatic heterocycles. The van der Waals surface area contributed by atoms with Crippen molar-refractivity contribution in [2.45, 2.75) is 0 Å². The molecule has 0 amide bonds. The molecule has 0 radical (unpaired) electrons. The molecule has 0 atom stereocenters. The monoisotopic (exact) mass is 356 g/mol. The number of rotatable bonds is 2. The minimum Gasteiger partial charge on any atom is -0.465 e. The highest BCUT2D eigenvalue weighted by Crippen LogP contribution is 2.22. The molecule has 0 saturated carbocycles. The van der Waals surface area contributed by atoms with Gasteiger partial charge in [0.2, 0.25) is 0 Å². The summed E-state index contributed by atoms with van der Waals surface area (Å²) in [4.78, 5) is 49.0. The van der Waals surface area contributed by atoms with E-state index >= 15 is 0 Å². The summed E-state index contributed by atoms with van der Waals surface area (Å²) >= 11 is 0. The van der Waals surface area contributed by atoms with Crippen molar-refractivity contribution in [1.82, 2.24) is 0 Å². The number of methoxy groups -OCH3 is 2. The predicted octanol–water partition coefficient (Wildman–Crippen LogP) is 2.03. The third kappa shape index (κ3) is 2.88. The Labute approximate surface area is 145 Å². The molecule has 2 aromatic carbocycles. The number of hydrogen-bond donors (Lipinski definition) is 0. The van der Waals surface area contributed by atoms with Gasteiger partial charge in [0, 0.05) is 0 Å². The van der Waals surface area contributed by atoms with E-state index in [4.69, 9.17) is 8.83 Å². The Morgan fingerprint density at radius 1 is 0.846 bits per heavy atom. The maximum absolute atomic E-state index is 12.5. The maximum atomic E-state index is 12.5. The Morgan fingerprint density at radius 3 is 2.08 bits per heavy atom. The van der Waals surface area contributed by atoms with Crippen LogP contribution in [0.3, 0.4) is 0 Å². The van der Waals surface area contributed by atoms with Crippen LogP contribution < -0.4 is 11.3 Å². The third-order valence-corrected chi connectivity index (χ3v) is 3.65. The molecule has 0 aliphatic heterocycles. The van der Waals surface area contributed by atoms with Gasteiger partial charge in [-0.3, -0.25) is 0 Å². The average molecular weight is 356 g/mol. The van der Waals surface area contributed by atoms with Crippen molar-refractivity contribution in [3.63, 3.8) is 0 Å². The normalized spacial score (nSPS) is 10.5. The number of esters is 2. The summed E-state index contributed by atoms with van der Waals surface area (Å²) in [6.45, 7) is 0. The van der Waals surface area contributed by atoms with Crippen LogP contribution in [0.4, 0.5) is 0 Å². The fourth-order valence-electron chi connectivity index (χ4n) is 2.41. The topological polar surface area (TPSA) is 113 Å². The van der Waals surface area contributed by atoms with Gasteiger partial charge in [0.25, 0.3) is 0 Å². The molecule has 0 aliphatic carbocycles. The summed E-state index contributed by atoms with van der Waals surface area (Å²) in [5.41, 5.74) is -2.85. The largest absolute Gasteiger partial charge is 0.465 e. The van der Waals surface area contributed by atoms with Crippen LogP contribution in [0, 0.1) is 0 Å². The fraction of sp³-hybridized carbons (Fsp3) is 0.111. The average Bonchev–Trinajstić information content (AvgIpc) is 2.66. The van der Waals surface area contributed by atoms with E-state index in [2.05, 4.69) is 9.47 Å². The molecule has 4 bridgehead atoms. The van der Waals surface area contributed by atoms with Gasteiger partial charge in [-0.05, 0) is 30.3 Å². The van der Waals surface area contributed by atoms with E-state index in [1.54, 1.807) is 0 Å². The Hall–Kier alpha value is -3.68. The number of hydrogen-bond acceptors (Lipinski definition) is 8. The van der Waals surface area contributed by atoms with Gasteiger partial charge in [-0.1, -0.05) is 6.07 Å². The molecular formula is C18H12O8. The fourth-order valence-corrected chi connectivity index (χ4v) is 2.41. The van der Waals surface area contributed by atoms with Gasteiger partial charge in [0.15, 0.2) is 5.58 Å². The van der Waals surface area contributed by atoms with Crippen LogP contribution in [0.5, 0.6) is 0 Å². The van der Waals surface area contributed by atoms with Crippen LogP contribution in [0.2, 0.25) is 0 Å². The molecular weight excluding hydrogens is 344 g/mol. The maximum Gasteiger partial charge on any atom is 0.345 e. The SMILES string of the molecule is COC(=O)c1ccc2oc(=O)c3cccc(c3)c(=O)oc1c2C(=O)OC. The highest BCUT2D eigenvalue weighted by molar-refractivity contribution is 6.09. The molecule has 3 aromatic rings. The number of benzene rings is 2. The van der Waals surface area contributed by atoms with E-state index in [1.165, 1.54) is 36.4 Å². The van der Waals surface area contributed by atoms with E-state index in [1.807, 2.05) is 0 Å². The molecule has 0 N–H and O–H groups in total. The summed E-state index contributed by atoms with van der Waals surface area (Å²) in [7, 11) is 2.23. The van der Waals surface area contributed by atoms with Crippen molar-refractivity contribution in [2.75, 3.05) is 14.2 Å². The van der Waals surface area contributed by atoms with Crippen molar-refractivity contribution in [3.05, 3.63) is 68.4 Å². The minimum absolute atomic E-state index is 0.0402. The molecule has 0 saturated heterocycles. The quantitative estimate of drug-likeness (QED) is 0.641. The summed E-state index contributed by atoms with van der Waals surface area (Å²) in [6, 6.07) is 8.07. The zero-order valence-electron chi connectivity index (χ0n) is 13.7. The smallest absolute Gasteiger partial charge is 0.345 e. The molecule has 8 nitrogen and oxygen atoms in total. The van der Waals surface area contributed by atoms with E-state index in [0.29, 0.717) is 0 Å². The van der Waals surface area contributed by atoms with E-state index in [9.17, 15) is 19.2 Å². The Morgan fingerprint density at radius 2 is 1.46 bits per heavy atom. The lowest BCUT2D eigenvalue weighted by Gasteiger charge is -2.06.